The zero-order valence-electron chi connectivity index (χ0n) is 20.6. The van der Waals surface area contributed by atoms with Gasteiger partial charge in [-0.05, 0) is 50.5 Å². The van der Waals surface area contributed by atoms with Crippen molar-refractivity contribution in [3.05, 3.63) is 27.5 Å². The third-order valence-electron chi connectivity index (χ3n) is 7.20. The van der Waals surface area contributed by atoms with E-state index in [2.05, 4.69) is 33.8 Å². The number of methoxy groups -OCH3 is 1. The Labute approximate surface area is 201 Å². The minimum Gasteiger partial charge on any atom is -0.465 e. The number of carbonyl (C=O) groups is 2. The van der Waals surface area contributed by atoms with E-state index in [0.717, 1.165) is 49.8 Å². The fourth-order valence-electron chi connectivity index (χ4n) is 5.14. The second-order valence-electron chi connectivity index (χ2n) is 10.6. The van der Waals surface area contributed by atoms with Gasteiger partial charge in [0.1, 0.15) is 4.88 Å². The highest BCUT2D eigenvalue weighted by Crippen LogP contribution is 2.44. The topological polar surface area (TPSA) is 65.1 Å². The maximum Gasteiger partial charge on any atom is 0.350 e. The summed E-state index contributed by atoms with van der Waals surface area (Å²) in [4.78, 5) is 30.4. The number of esters is 1. The Morgan fingerprint density at radius 1 is 1.15 bits per heavy atom. The summed E-state index contributed by atoms with van der Waals surface area (Å²) in [5.41, 5.74) is 1.93. The molecule has 0 N–H and O–H groups in total. The molecule has 182 valence electrons. The number of carbonyl (C=O) groups excluding carboxylic acids is 2. The first-order chi connectivity index (χ1) is 15.6. The number of ether oxygens (including phenoxy) is 3. The summed E-state index contributed by atoms with van der Waals surface area (Å²) in [6, 6.07) is 2.06. The Bertz CT molecular complexity index is 912. The van der Waals surface area contributed by atoms with Crippen LogP contribution in [0.15, 0.2) is 17.7 Å². The van der Waals surface area contributed by atoms with Gasteiger partial charge in [-0.25, -0.2) is 4.79 Å². The molecule has 1 amide bonds. The first-order valence-corrected chi connectivity index (χ1v) is 12.9. The van der Waals surface area contributed by atoms with Crippen LogP contribution in [-0.4, -0.2) is 44.0 Å². The first kappa shape index (κ1) is 24.4. The fourth-order valence-corrected chi connectivity index (χ4v) is 6.26. The average molecular weight is 476 g/mol. The lowest BCUT2D eigenvalue weighted by Crippen LogP contribution is -2.49. The molecule has 7 heteroatoms. The summed E-state index contributed by atoms with van der Waals surface area (Å²) >= 11 is 1.44. The number of hydrogen-bond acceptors (Lipinski definition) is 6. The molecule has 1 aromatic rings. The number of thiophene rings is 1. The van der Waals surface area contributed by atoms with Crippen molar-refractivity contribution >= 4 is 28.9 Å². The molecule has 2 fully saturated rings. The third kappa shape index (κ3) is 5.05. The van der Waals surface area contributed by atoms with Gasteiger partial charge in [0.25, 0.3) is 0 Å². The molecule has 1 spiro atoms. The summed E-state index contributed by atoms with van der Waals surface area (Å²) in [6.45, 7) is 9.78. The molecule has 2 aliphatic carbocycles. The van der Waals surface area contributed by atoms with Gasteiger partial charge in [0.15, 0.2) is 5.79 Å². The van der Waals surface area contributed by atoms with Gasteiger partial charge < -0.3 is 19.1 Å². The highest BCUT2D eigenvalue weighted by molar-refractivity contribution is 7.14. The molecule has 1 saturated heterocycles. The van der Waals surface area contributed by atoms with E-state index in [-0.39, 0.29) is 29.3 Å². The van der Waals surface area contributed by atoms with Crippen LogP contribution in [0.1, 0.15) is 87.2 Å². The molecule has 4 rings (SSSR count). The van der Waals surface area contributed by atoms with Crippen molar-refractivity contribution in [3.63, 3.8) is 0 Å². The molecule has 0 bridgehead atoms. The average Bonchev–Trinajstić information content (AvgIpc) is 3.43. The predicted octanol–water partition coefficient (Wildman–Crippen LogP) is 5.60. The van der Waals surface area contributed by atoms with Gasteiger partial charge in [0, 0.05) is 29.7 Å². The van der Waals surface area contributed by atoms with Crippen LogP contribution < -0.4 is 4.90 Å². The smallest absolute Gasteiger partial charge is 0.350 e. The van der Waals surface area contributed by atoms with Crippen molar-refractivity contribution in [2.24, 2.45) is 5.92 Å². The van der Waals surface area contributed by atoms with Crippen LogP contribution in [-0.2, 0) is 24.4 Å². The number of allylic oxidation sites excluding steroid dienone is 2. The van der Waals surface area contributed by atoms with Crippen molar-refractivity contribution < 1.29 is 23.8 Å². The number of hydrogen-bond donors (Lipinski definition) is 0. The lowest BCUT2D eigenvalue weighted by atomic mass is 9.85. The monoisotopic (exact) mass is 475 g/mol. The highest BCUT2D eigenvalue weighted by Gasteiger charge is 2.44. The lowest BCUT2D eigenvalue weighted by Gasteiger charge is -2.41. The van der Waals surface area contributed by atoms with Crippen molar-refractivity contribution in [2.45, 2.75) is 89.9 Å². The largest absolute Gasteiger partial charge is 0.465 e. The molecule has 33 heavy (non-hydrogen) atoms. The van der Waals surface area contributed by atoms with E-state index in [9.17, 15) is 9.59 Å². The molecule has 2 heterocycles. The maximum atomic E-state index is 14.0. The van der Waals surface area contributed by atoms with E-state index >= 15 is 0 Å². The van der Waals surface area contributed by atoms with Gasteiger partial charge >= 0.3 is 5.97 Å². The van der Waals surface area contributed by atoms with Gasteiger partial charge in [-0.1, -0.05) is 32.4 Å². The minimum atomic E-state index is -0.494. The molecule has 0 unspecified atom stereocenters. The summed E-state index contributed by atoms with van der Waals surface area (Å²) in [6.07, 6.45) is 7.83. The molecule has 3 aliphatic rings. The second kappa shape index (κ2) is 9.51. The van der Waals surface area contributed by atoms with Crippen LogP contribution in [0, 0.1) is 5.92 Å². The van der Waals surface area contributed by atoms with Crippen LogP contribution in [0.4, 0.5) is 5.69 Å². The number of anilines is 1. The van der Waals surface area contributed by atoms with Gasteiger partial charge in [-0.2, -0.15) is 0 Å². The number of rotatable bonds is 4. The van der Waals surface area contributed by atoms with E-state index < -0.39 is 5.79 Å². The van der Waals surface area contributed by atoms with Gasteiger partial charge in [-0.3, -0.25) is 4.79 Å². The second-order valence-corrected chi connectivity index (χ2v) is 11.7. The van der Waals surface area contributed by atoms with E-state index in [1.54, 1.807) is 0 Å². The normalized spacial score (nSPS) is 23.4. The number of amides is 1. The fraction of sp³-hybridized carbons (Fsp3) is 0.692. The lowest BCUT2D eigenvalue weighted by molar-refractivity contribution is -0.179. The maximum absolute atomic E-state index is 14.0. The summed E-state index contributed by atoms with van der Waals surface area (Å²) in [5, 5.41) is 0. The van der Waals surface area contributed by atoms with E-state index in [1.807, 2.05) is 11.0 Å². The molecule has 1 aliphatic heterocycles. The van der Waals surface area contributed by atoms with Crippen molar-refractivity contribution in [2.75, 3.05) is 25.2 Å². The Balaban J connectivity index is 1.70. The van der Waals surface area contributed by atoms with E-state index in [0.29, 0.717) is 23.8 Å². The summed E-state index contributed by atoms with van der Waals surface area (Å²) in [7, 11) is 1.41. The van der Waals surface area contributed by atoms with Gasteiger partial charge in [0.05, 0.1) is 26.0 Å². The van der Waals surface area contributed by atoms with Crippen LogP contribution in [0.3, 0.4) is 0 Å². The van der Waals surface area contributed by atoms with E-state index in [1.165, 1.54) is 24.0 Å². The van der Waals surface area contributed by atoms with Gasteiger partial charge in [-0.15, -0.1) is 11.3 Å². The van der Waals surface area contributed by atoms with Crippen LogP contribution in [0.25, 0.3) is 0 Å². The minimum absolute atomic E-state index is 0.00810. The van der Waals surface area contributed by atoms with Crippen molar-refractivity contribution in [3.8, 4) is 0 Å². The summed E-state index contributed by atoms with van der Waals surface area (Å²) in [5.74, 6) is -0.812. The Morgan fingerprint density at radius 3 is 2.36 bits per heavy atom. The van der Waals surface area contributed by atoms with Crippen LogP contribution in [0.5, 0.6) is 0 Å². The van der Waals surface area contributed by atoms with Crippen molar-refractivity contribution in [1.82, 2.24) is 0 Å². The first-order valence-electron chi connectivity index (χ1n) is 12.1. The van der Waals surface area contributed by atoms with Crippen LogP contribution in [0.2, 0.25) is 0 Å². The van der Waals surface area contributed by atoms with E-state index in [4.69, 9.17) is 14.2 Å². The highest BCUT2D eigenvalue weighted by atomic mass is 32.1. The predicted molar refractivity (Wildman–Crippen MR) is 130 cm³/mol. The molecule has 0 aromatic carbocycles. The molecule has 0 radical (unpaired) electrons. The Morgan fingerprint density at radius 2 is 1.82 bits per heavy atom. The Kier molecular flexibility index (Phi) is 7.04. The Hall–Kier alpha value is -1.70. The zero-order chi connectivity index (χ0) is 23.8. The molecule has 1 saturated carbocycles. The quantitative estimate of drug-likeness (QED) is 0.419. The third-order valence-corrected chi connectivity index (χ3v) is 8.73. The molecule has 1 aromatic heterocycles. The SMILES string of the molecule is COC(=O)c1sc(C(C)(C)C)cc1N(C(=O)[C@@H]1CC=C(C)CC1)C1CCC2(CC1)OCCO2. The van der Waals surface area contributed by atoms with Crippen LogP contribution >= 0.6 is 11.3 Å². The summed E-state index contributed by atoms with van der Waals surface area (Å²) < 4.78 is 17.0. The van der Waals surface area contributed by atoms with Crippen molar-refractivity contribution in [1.29, 1.82) is 0 Å². The molecular formula is C26H37NO5S. The molecule has 6 nitrogen and oxygen atoms in total. The standard InChI is InChI=1S/C26H37NO5S/c1-17-6-8-18(9-7-17)23(28)27(19-10-12-26(13-11-19)31-14-15-32-26)20-16-21(25(2,3)4)33-22(20)24(29)30-5/h6,16,18-19H,7-15H2,1-5H3/t18-/m1/s1. The number of nitrogens with zero attached hydrogens (tertiary/aromatic N) is 1. The molecular weight excluding hydrogens is 438 g/mol. The molecule has 1 atom stereocenters. The van der Waals surface area contributed by atoms with Gasteiger partial charge in [0.2, 0.25) is 5.91 Å². The zero-order valence-corrected chi connectivity index (χ0v) is 21.4.